The molecule has 3 unspecified atom stereocenters. The molecule has 1 aromatic carbocycles. The van der Waals surface area contributed by atoms with Gasteiger partial charge in [0.1, 0.15) is 17.7 Å². The second kappa shape index (κ2) is 9.48. The summed E-state index contributed by atoms with van der Waals surface area (Å²) in [7, 11) is 0. The second-order valence-corrected chi connectivity index (χ2v) is 8.67. The maximum atomic E-state index is 11.6. The van der Waals surface area contributed by atoms with Gasteiger partial charge in [0, 0.05) is 30.5 Å². The highest BCUT2D eigenvalue weighted by Crippen LogP contribution is 2.38. The zero-order valence-corrected chi connectivity index (χ0v) is 19.3. The molecule has 1 aliphatic rings. The van der Waals surface area contributed by atoms with Crippen LogP contribution in [0.15, 0.2) is 42.6 Å². The van der Waals surface area contributed by atoms with E-state index in [1.165, 1.54) is 0 Å². The molecule has 0 spiro atoms. The highest BCUT2D eigenvalue weighted by Gasteiger charge is 2.38. The van der Waals surface area contributed by atoms with Crippen LogP contribution < -0.4 is 10.6 Å². The van der Waals surface area contributed by atoms with Crippen LogP contribution in [0.4, 0.5) is 11.6 Å². The van der Waals surface area contributed by atoms with Crippen molar-refractivity contribution < 1.29 is 14.6 Å². The number of nitrogens with zero attached hydrogens (tertiary/aromatic N) is 3. The number of carbonyl (C=O) groups is 1. The Hall–Kier alpha value is -2.61. The van der Waals surface area contributed by atoms with Gasteiger partial charge in [0.05, 0.1) is 21.6 Å². The first kappa shape index (κ1) is 22.6. The van der Waals surface area contributed by atoms with Gasteiger partial charge in [0.25, 0.3) is 0 Å². The van der Waals surface area contributed by atoms with E-state index < -0.39 is 5.97 Å². The first-order chi connectivity index (χ1) is 15.4. The van der Waals surface area contributed by atoms with E-state index >= 15 is 0 Å². The number of hydrogen-bond acceptors (Lipinski definition) is 7. The van der Waals surface area contributed by atoms with E-state index in [9.17, 15) is 4.79 Å². The van der Waals surface area contributed by atoms with E-state index in [2.05, 4.69) is 9.88 Å². The van der Waals surface area contributed by atoms with Gasteiger partial charge in [-0.25, -0.2) is 14.8 Å². The van der Waals surface area contributed by atoms with Crippen molar-refractivity contribution in [3.63, 3.8) is 0 Å². The highest BCUT2D eigenvalue weighted by atomic mass is 35.5. The number of rotatable bonds is 6. The first-order valence-electron chi connectivity index (χ1n) is 10.5. The normalized spacial score (nSPS) is 19.3. The third-order valence-corrected chi connectivity index (χ3v) is 6.57. The number of fused-ring (bicyclic) bond motifs is 1. The van der Waals surface area contributed by atoms with Crippen molar-refractivity contribution in [2.45, 2.75) is 44.8 Å². The van der Waals surface area contributed by atoms with Gasteiger partial charge in [-0.15, -0.1) is 0 Å². The van der Waals surface area contributed by atoms with Crippen LogP contribution in [0.3, 0.4) is 0 Å². The lowest BCUT2D eigenvalue weighted by molar-refractivity contribution is -0.297. The lowest BCUT2D eigenvalue weighted by Crippen LogP contribution is -2.39. The summed E-state index contributed by atoms with van der Waals surface area (Å²) in [5.41, 5.74) is 7.47. The number of aromatic nitrogens is 2. The minimum Gasteiger partial charge on any atom is -0.384 e. The number of anilines is 2. The van der Waals surface area contributed by atoms with Crippen molar-refractivity contribution in [2.75, 3.05) is 17.2 Å². The Bertz CT molecular complexity index is 1130. The molecule has 3 heterocycles. The molecule has 0 bridgehead atoms. The topological polar surface area (TPSA) is 90.6 Å². The smallest absolute Gasteiger partial charge is 0.342 e. The predicted octanol–water partition coefficient (Wildman–Crippen LogP) is 5.15. The van der Waals surface area contributed by atoms with Gasteiger partial charge in [0.2, 0.25) is 0 Å². The summed E-state index contributed by atoms with van der Waals surface area (Å²) < 4.78 is 0. The third-order valence-electron chi connectivity index (χ3n) is 5.78. The number of carbonyl (C=O) groups excluding carboxylic acids is 1. The molecule has 0 amide bonds. The zero-order chi connectivity index (χ0) is 22.8. The molecule has 2 aromatic heterocycles. The molecule has 4 rings (SSSR count). The minimum atomic E-state index is -0.411. The molecule has 3 atom stereocenters. The number of halogens is 2. The van der Waals surface area contributed by atoms with Crippen LogP contribution in [-0.2, 0) is 14.6 Å². The predicted molar refractivity (Wildman–Crippen MR) is 126 cm³/mol. The van der Waals surface area contributed by atoms with Crippen molar-refractivity contribution in [1.82, 2.24) is 9.97 Å². The number of nitrogen functional groups attached to an aromatic ring is 1. The molecule has 3 aromatic rings. The summed E-state index contributed by atoms with van der Waals surface area (Å²) in [4.78, 5) is 33.2. The van der Waals surface area contributed by atoms with Gasteiger partial charge in [-0.3, -0.25) is 4.89 Å². The summed E-state index contributed by atoms with van der Waals surface area (Å²) in [6.07, 6.45) is 2.42. The van der Waals surface area contributed by atoms with E-state index in [0.717, 1.165) is 23.2 Å². The van der Waals surface area contributed by atoms with E-state index in [0.29, 0.717) is 27.9 Å². The fourth-order valence-electron chi connectivity index (χ4n) is 4.01. The molecular formula is C23H24Cl2N4O3. The Kier molecular flexibility index (Phi) is 6.69. The van der Waals surface area contributed by atoms with Crippen molar-refractivity contribution in [2.24, 2.45) is 0 Å². The molecule has 1 saturated heterocycles. The fraction of sp³-hybridized carbons (Fsp3) is 0.348. The van der Waals surface area contributed by atoms with Crippen molar-refractivity contribution in [3.05, 3.63) is 58.2 Å². The molecule has 168 valence electrons. The lowest BCUT2D eigenvalue weighted by atomic mass is 9.96. The molecule has 32 heavy (non-hydrogen) atoms. The Morgan fingerprint density at radius 2 is 2.03 bits per heavy atom. The fourth-order valence-corrected chi connectivity index (χ4v) is 4.37. The van der Waals surface area contributed by atoms with E-state index in [1.54, 1.807) is 25.3 Å². The standard InChI is InChI=1S/C23H24Cl2N4O3/c1-3-21(30)32-31-13(2)18-10-16(15-5-8-19(26)27-11-15)12-29(18)20-9-6-14-4-7-17(24)22(25)23(14)28-20/h4-9,11,13,16,18H,3,10,12H2,1-2H3,(H2,26,27). The zero-order valence-electron chi connectivity index (χ0n) is 17.8. The van der Waals surface area contributed by atoms with Crippen LogP contribution >= 0.6 is 23.2 Å². The molecule has 2 N–H and O–H groups in total. The SMILES string of the molecule is CCC(=O)OOC(C)C1CC(c2ccc(N)nc2)CN1c1ccc2ccc(Cl)c(Cl)c2n1. The monoisotopic (exact) mass is 474 g/mol. The number of hydrogen-bond donors (Lipinski definition) is 1. The molecule has 0 aliphatic carbocycles. The van der Waals surface area contributed by atoms with Gasteiger partial charge >= 0.3 is 5.97 Å². The number of pyridine rings is 2. The maximum Gasteiger partial charge on any atom is 0.342 e. The maximum absolute atomic E-state index is 11.6. The summed E-state index contributed by atoms with van der Waals surface area (Å²) in [5.74, 6) is 0.986. The molecule has 1 fully saturated rings. The Labute approximate surface area is 196 Å². The largest absolute Gasteiger partial charge is 0.384 e. The molecule has 1 aliphatic heterocycles. The minimum absolute atomic E-state index is 0.0925. The highest BCUT2D eigenvalue weighted by molar-refractivity contribution is 6.45. The summed E-state index contributed by atoms with van der Waals surface area (Å²) in [6.45, 7) is 4.29. The van der Waals surface area contributed by atoms with E-state index in [1.807, 2.05) is 31.2 Å². The van der Waals surface area contributed by atoms with E-state index in [4.69, 9.17) is 43.7 Å². The van der Waals surface area contributed by atoms with Gasteiger partial charge in [-0.2, -0.15) is 4.89 Å². The Morgan fingerprint density at radius 3 is 2.75 bits per heavy atom. The average molecular weight is 475 g/mol. The van der Waals surface area contributed by atoms with Gasteiger partial charge < -0.3 is 10.6 Å². The van der Waals surface area contributed by atoms with Crippen LogP contribution in [0, 0.1) is 0 Å². The van der Waals surface area contributed by atoms with Crippen LogP contribution in [0.2, 0.25) is 10.0 Å². The molecule has 9 heteroatoms. The molecule has 0 radical (unpaired) electrons. The average Bonchev–Trinajstić information content (AvgIpc) is 3.25. The molecule has 0 saturated carbocycles. The van der Waals surface area contributed by atoms with Gasteiger partial charge in [-0.05, 0) is 43.2 Å². The molecule has 7 nitrogen and oxygen atoms in total. The van der Waals surface area contributed by atoms with Crippen LogP contribution in [0.25, 0.3) is 10.9 Å². The second-order valence-electron chi connectivity index (χ2n) is 7.88. The van der Waals surface area contributed by atoms with Crippen molar-refractivity contribution in [3.8, 4) is 0 Å². The van der Waals surface area contributed by atoms with Crippen LogP contribution in [-0.4, -0.2) is 34.6 Å². The Balaban J connectivity index is 1.67. The number of benzene rings is 1. The lowest BCUT2D eigenvalue weighted by Gasteiger charge is -2.29. The summed E-state index contributed by atoms with van der Waals surface area (Å²) in [5, 5.41) is 1.78. The number of nitrogens with two attached hydrogens (primary N) is 1. The Morgan fingerprint density at radius 1 is 1.25 bits per heavy atom. The van der Waals surface area contributed by atoms with Crippen LogP contribution in [0.5, 0.6) is 0 Å². The summed E-state index contributed by atoms with van der Waals surface area (Å²) >= 11 is 12.6. The van der Waals surface area contributed by atoms with Crippen LogP contribution in [0.1, 0.15) is 38.2 Å². The summed E-state index contributed by atoms with van der Waals surface area (Å²) in [6, 6.07) is 11.3. The van der Waals surface area contributed by atoms with Crippen molar-refractivity contribution >= 4 is 51.7 Å². The first-order valence-corrected chi connectivity index (χ1v) is 11.2. The third kappa shape index (κ3) is 4.60. The van der Waals surface area contributed by atoms with Crippen molar-refractivity contribution in [1.29, 1.82) is 0 Å². The quantitative estimate of drug-likeness (QED) is 0.389. The van der Waals surface area contributed by atoms with E-state index in [-0.39, 0.29) is 24.5 Å². The van der Waals surface area contributed by atoms with Gasteiger partial charge in [-0.1, -0.05) is 42.3 Å². The van der Waals surface area contributed by atoms with Gasteiger partial charge in [0.15, 0.2) is 0 Å². The molecular weight excluding hydrogens is 451 g/mol.